The number of nitrogens with zero attached hydrogens (tertiary/aromatic N) is 3. The van der Waals surface area contributed by atoms with Gasteiger partial charge in [0.1, 0.15) is 9.84 Å². The second-order valence-corrected chi connectivity index (χ2v) is 7.72. The Morgan fingerprint density at radius 3 is 2.79 bits per heavy atom. The van der Waals surface area contributed by atoms with Crippen molar-refractivity contribution in [3.8, 4) is 0 Å². The van der Waals surface area contributed by atoms with Gasteiger partial charge < -0.3 is 0 Å². The van der Waals surface area contributed by atoms with Crippen LogP contribution in [0.25, 0.3) is 5.65 Å². The maximum atomic E-state index is 11.4. The number of fused-ring (bicyclic) bond motifs is 1. The second-order valence-electron chi connectivity index (χ2n) is 4.98. The molecule has 0 amide bonds. The van der Waals surface area contributed by atoms with Gasteiger partial charge in [-0.25, -0.2) is 17.9 Å². The zero-order chi connectivity index (χ0) is 13.5. The minimum absolute atomic E-state index is 0.289. The molecule has 3 rings (SSSR count). The Kier molecular flexibility index (Phi) is 3.22. The maximum absolute atomic E-state index is 11.4. The second kappa shape index (κ2) is 4.76. The van der Waals surface area contributed by atoms with E-state index in [4.69, 9.17) is 11.6 Å². The molecule has 0 radical (unpaired) electrons. The third-order valence-corrected chi connectivity index (χ3v) is 5.42. The van der Waals surface area contributed by atoms with Crippen LogP contribution in [0.2, 0.25) is 5.02 Å². The molecule has 1 aliphatic heterocycles. The van der Waals surface area contributed by atoms with E-state index in [1.165, 1.54) is 0 Å². The van der Waals surface area contributed by atoms with Crippen LogP contribution in [0.15, 0.2) is 18.3 Å². The molecule has 7 heteroatoms. The summed E-state index contributed by atoms with van der Waals surface area (Å²) < 4.78 is 24.4. The Labute approximate surface area is 116 Å². The summed E-state index contributed by atoms with van der Waals surface area (Å²) in [4.78, 5) is 4.43. The molecule has 5 nitrogen and oxygen atoms in total. The summed E-state index contributed by atoms with van der Waals surface area (Å²) in [5.74, 6) is 1.69. The average molecular weight is 300 g/mol. The van der Waals surface area contributed by atoms with Crippen molar-refractivity contribution in [3.63, 3.8) is 0 Å². The smallest absolute Gasteiger partial charge is 0.155 e. The first-order valence-electron chi connectivity index (χ1n) is 6.23. The van der Waals surface area contributed by atoms with Crippen LogP contribution in [0.1, 0.15) is 18.7 Å². The summed E-state index contributed by atoms with van der Waals surface area (Å²) in [6.07, 6.45) is 3.87. The van der Waals surface area contributed by atoms with Crippen LogP contribution in [0, 0.1) is 5.92 Å². The van der Waals surface area contributed by atoms with Crippen LogP contribution >= 0.6 is 11.6 Å². The number of hydrogen-bond donors (Lipinski definition) is 0. The number of pyridine rings is 1. The van der Waals surface area contributed by atoms with E-state index in [0.29, 0.717) is 23.8 Å². The molecule has 0 N–H and O–H groups in total. The Morgan fingerprint density at radius 1 is 1.32 bits per heavy atom. The lowest BCUT2D eigenvalue weighted by atomic mass is 9.99. The number of sulfone groups is 1. The Bertz CT molecular complexity index is 697. The highest BCUT2D eigenvalue weighted by Crippen LogP contribution is 2.22. The lowest BCUT2D eigenvalue weighted by molar-refractivity contribution is 0.454. The van der Waals surface area contributed by atoms with E-state index in [1.54, 1.807) is 16.8 Å². The van der Waals surface area contributed by atoms with Crippen LogP contribution in [0.4, 0.5) is 0 Å². The van der Waals surface area contributed by atoms with Gasteiger partial charge in [0.15, 0.2) is 11.5 Å². The molecule has 0 aromatic carbocycles. The summed E-state index contributed by atoms with van der Waals surface area (Å²) in [6.45, 7) is 0. The molecule has 0 spiro atoms. The highest BCUT2D eigenvalue weighted by molar-refractivity contribution is 7.91. The van der Waals surface area contributed by atoms with E-state index in [9.17, 15) is 8.42 Å². The van der Waals surface area contributed by atoms with Gasteiger partial charge >= 0.3 is 0 Å². The van der Waals surface area contributed by atoms with E-state index in [1.807, 2.05) is 6.07 Å². The summed E-state index contributed by atoms with van der Waals surface area (Å²) >= 11 is 5.90. The lowest BCUT2D eigenvalue weighted by Crippen LogP contribution is -2.24. The molecule has 102 valence electrons. The van der Waals surface area contributed by atoms with Crippen LogP contribution in [-0.2, 0) is 16.3 Å². The van der Waals surface area contributed by atoms with Crippen molar-refractivity contribution in [1.29, 1.82) is 0 Å². The van der Waals surface area contributed by atoms with Crippen molar-refractivity contribution in [3.05, 3.63) is 29.2 Å². The number of halogens is 1. The molecule has 19 heavy (non-hydrogen) atoms. The van der Waals surface area contributed by atoms with Crippen LogP contribution in [0.3, 0.4) is 0 Å². The van der Waals surface area contributed by atoms with Crippen molar-refractivity contribution in [1.82, 2.24) is 14.6 Å². The molecule has 0 aliphatic carbocycles. The van der Waals surface area contributed by atoms with Gasteiger partial charge in [0, 0.05) is 12.6 Å². The Hall–Kier alpha value is -1.14. The van der Waals surface area contributed by atoms with E-state index >= 15 is 0 Å². The number of rotatable bonds is 2. The lowest BCUT2D eigenvalue weighted by Gasteiger charge is -2.20. The standard InChI is InChI=1S/C12H14ClN3O2S/c13-10-1-2-12-14-11(15-16(12)8-10)7-9-3-5-19(17,18)6-4-9/h1-2,8-9H,3-7H2. The maximum Gasteiger partial charge on any atom is 0.155 e. The van der Waals surface area contributed by atoms with E-state index in [-0.39, 0.29) is 11.5 Å². The first-order valence-corrected chi connectivity index (χ1v) is 8.43. The Balaban J connectivity index is 1.75. The predicted molar refractivity (Wildman–Crippen MR) is 73.1 cm³/mol. The van der Waals surface area contributed by atoms with Crippen LogP contribution in [0.5, 0.6) is 0 Å². The number of aromatic nitrogens is 3. The summed E-state index contributed by atoms with van der Waals surface area (Å²) in [6, 6.07) is 3.60. The highest BCUT2D eigenvalue weighted by atomic mass is 35.5. The van der Waals surface area contributed by atoms with Gasteiger partial charge in [-0.1, -0.05) is 11.6 Å². The topological polar surface area (TPSA) is 64.3 Å². The van der Waals surface area contributed by atoms with Gasteiger partial charge in [0.2, 0.25) is 0 Å². The molecule has 1 saturated heterocycles. The molecule has 2 aromatic heterocycles. The fourth-order valence-electron chi connectivity index (χ4n) is 2.39. The average Bonchev–Trinajstić information content (AvgIpc) is 2.73. The van der Waals surface area contributed by atoms with Crippen molar-refractivity contribution in [2.75, 3.05) is 11.5 Å². The monoisotopic (exact) mass is 299 g/mol. The van der Waals surface area contributed by atoms with E-state index < -0.39 is 9.84 Å². The Morgan fingerprint density at radius 2 is 2.05 bits per heavy atom. The molecule has 0 atom stereocenters. The van der Waals surface area contributed by atoms with Crippen molar-refractivity contribution in [2.24, 2.45) is 5.92 Å². The normalized spacial score (nSPS) is 19.8. The van der Waals surface area contributed by atoms with Gasteiger partial charge in [-0.05, 0) is 30.9 Å². The highest BCUT2D eigenvalue weighted by Gasteiger charge is 2.24. The van der Waals surface area contributed by atoms with E-state index in [2.05, 4.69) is 10.1 Å². The molecule has 3 heterocycles. The van der Waals surface area contributed by atoms with Crippen molar-refractivity contribution >= 4 is 27.1 Å². The van der Waals surface area contributed by atoms with Gasteiger partial charge in [0.05, 0.1) is 16.5 Å². The third kappa shape index (κ3) is 2.90. The molecule has 1 fully saturated rings. The first kappa shape index (κ1) is 12.9. The van der Waals surface area contributed by atoms with Crippen molar-refractivity contribution < 1.29 is 8.42 Å². The molecule has 0 bridgehead atoms. The first-order chi connectivity index (χ1) is 9.02. The quantitative estimate of drug-likeness (QED) is 0.847. The molecule has 0 saturated carbocycles. The van der Waals surface area contributed by atoms with Crippen LogP contribution in [-0.4, -0.2) is 34.5 Å². The number of hydrogen-bond acceptors (Lipinski definition) is 4. The minimum Gasteiger partial charge on any atom is -0.229 e. The van der Waals surface area contributed by atoms with Gasteiger partial charge in [-0.2, -0.15) is 5.10 Å². The fourth-order valence-corrected chi connectivity index (χ4v) is 4.14. The van der Waals surface area contributed by atoms with Gasteiger partial charge in [-0.3, -0.25) is 0 Å². The summed E-state index contributed by atoms with van der Waals surface area (Å²) in [5, 5.41) is 4.99. The molecular weight excluding hydrogens is 286 g/mol. The molecule has 1 aliphatic rings. The minimum atomic E-state index is -2.80. The van der Waals surface area contributed by atoms with Gasteiger partial charge in [-0.15, -0.1) is 0 Å². The van der Waals surface area contributed by atoms with Gasteiger partial charge in [0.25, 0.3) is 0 Å². The summed E-state index contributed by atoms with van der Waals surface area (Å²) in [5.41, 5.74) is 0.767. The molecule has 0 unspecified atom stereocenters. The molecular formula is C12H14ClN3O2S. The van der Waals surface area contributed by atoms with E-state index in [0.717, 1.165) is 17.9 Å². The fraction of sp³-hybridized carbons (Fsp3) is 0.500. The SMILES string of the molecule is O=S1(=O)CCC(Cc2nc3ccc(Cl)cn3n2)CC1. The largest absolute Gasteiger partial charge is 0.229 e. The zero-order valence-electron chi connectivity index (χ0n) is 10.3. The molecule has 2 aromatic rings. The zero-order valence-corrected chi connectivity index (χ0v) is 11.9. The summed E-state index contributed by atoms with van der Waals surface area (Å²) in [7, 11) is -2.80. The third-order valence-electron chi connectivity index (χ3n) is 3.48. The van der Waals surface area contributed by atoms with Crippen LogP contribution < -0.4 is 0 Å². The predicted octanol–water partition coefficient (Wildman–Crippen LogP) is 1.75. The van der Waals surface area contributed by atoms with Crippen molar-refractivity contribution in [2.45, 2.75) is 19.3 Å².